The normalized spacial score (nSPS) is 14.6. The van der Waals surface area contributed by atoms with E-state index in [1.807, 2.05) is 0 Å². The molecule has 0 spiro atoms. The van der Waals surface area contributed by atoms with E-state index in [1.165, 1.54) is 0 Å². The molecular formula is C18H8Br2F12. The van der Waals surface area contributed by atoms with Gasteiger partial charge in [0.25, 0.3) is 0 Å². The summed E-state index contributed by atoms with van der Waals surface area (Å²) in [5.41, 5.74) is -7.87. The highest BCUT2D eigenvalue weighted by Crippen LogP contribution is 2.64. The van der Waals surface area contributed by atoms with Crippen molar-refractivity contribution in [2.45, 2.75) is 35.5 Å². The summed E-state index contributed by atoms with van der Waals surface area (Å²) in [5.74, 6) is -29.8. The second-order valence-corrected chi connectivity index (χ2v) is 8.12. The molecule has 0 nitrogen and oxygen atoms in total. The molecule has 0 fully saturated rings. The first-order valence-electron chi connectivity index (χ1n) is 8.05. The SMILES string of the molecule is FC(F)(F)C(F)(F)C(F)(F)C(F)(F)C(F)(F)C(F)(c1ccccc1Br)c1ccccc1Br. The summed E-state index contributed by atoms with van der Waals surface area (Å²) in [6.07, 6.45) is -7.35. The van der Waals surface area contributed by atoms with E-state index >= 15 is 13.2 Å². The molecule has 0 aliphatic rings. The van der Waals surface area contributed by atoms with Crippen molar-refractivity contribution in [3.8, 4) is 0 Å². The van der Waals surface area contributed by atoms with Gasteiger partial charge in [0.05, 0.1) is 0 Å². The summed E-state index contributed by atoms with van der Waals surface area (Å²) in [4.78, 5) is 0. The molecule has 0 aromatic heterocycles. The van der Waals surface area contributed by atoms with Gasteiger partial charge in [0.1, 0.15) is 0 Å². The van der Waals surface area contributed by atoms with Crippen LogP contribution in [0.3, 0.4) is 0 Å². The average Bonchev–Trinajstić information content (AvgIpc) is 2.66. The minimum Gasteiger partial charge on any atom is -0.226 e. The monoisotopic (exact) mass is 610 g/mol. The third-order valence-electron chi connectivity index (χ3n) is 4.46. The zero-order valence-electron chi connectivity index (χ0n) is 14.9. The number of halogens is 14. The lowest BCUT2D eigenvalue weighted by Gasteiger charge is -2.43. The molecule has 0 aliphatic heterocycles. The molecule has 0 heterocycles. The molecule has 2 aromatic rings. The van der Waals surface area contributed by atoms with Crippen molar-refractivity contribution in [3.63, 3.8) is 0 Å². The maximum atomic E-state index is 16.1. The molecule has 178 valence electrons. The first kappa shape index (κ1) is 26.8. The van der Waals surface area contributed by atoms with Crippen LogP contribution in [0.25, 0.3) is 0 Å². The van der Waals surface area contributed by atoms with Gasteiger partial charge in [0.15, 0.2) is 0 Å². The third-order valence-corrected chi connectivity index (χ3v) is 5.84. The predicted octanol–water partition coefficient (Wildman–Crippen LogP) is 8.53. The number of alkyl halides is 12. The number of rotatable bonds is 6. The zero-order valence-corrected chi connectivity index (χ0v) is 18.1. The van der Waals surface area contributed by atoms with Crippen molar-refractivity contribution >= 4 is 31.9 Å². The summed E-state index contributed by atoms with van der Waals surface area (Å²) in [5, 5.41) is 0. The van der Waals surface area contributed by atoms with E-state index in [9.17, 15) is 39.5 Å². The van der Waals surface area contributed by atoms with E-state index in [0.717, 1.165) is 36.4 Å². The average molecular weight is 612 g/mol. The third kappa shape index (κ3) is 3.61. The van der Waals surface area contributed by atoms with Crippen LogP contribution in [0.4, 0.5) is 52.7 Å². The van der Waals surface area contributed by atoms with E-state index in [-0.39, 0.29) is 0 Å². The van der Waals surface area contributed by atoms with Gasteiger partial charge in [-0.25, -0.2) is 4.39 Å². The van der Waals surface area contributed by atoms with Crippen LogP contribution in [0, 0.1) is 0 Å². The van der Waals surface area contributed by atoms with Gasteiger partial charge in [0, 0.05) is 20.1 Å². The zero-order chi connectivity index (χ0) is 25.0. The standard InChI is InChI=1S/C18H8Br2F12/c19-11-7-3-1-5-9(11)13(21,10-6-2-4-8-12(10)20)14(22,23)15(24,25)16(26,27)17(28,29)18(30,31)32/h1-8H. The van der Waals surface area contributed by atoms with Gasteiger partial charge in [-0.05, 0) is 12.1 Å². The highest BCUT2D eigenvalue weighted by atomic mass is 79.9. The largest absolute Gasteiger partial charge is 0.460 e. The Balaban J connectivity index is 2.93. The van der Waals surface area contributed by atoms with E-state index in [1.54, 1.807) is 0 Å². The van der Waals surface area contributed by atoms with E-state index in [4.69, 9.17) is 0 Å². The summed E-state index contributed by atoms with van der Waals surface area (Å²) in [6.45, 7) is 0. The molecule has 0 N–H and O–H groups in total. The minimum absolute atomic E-state index is 0.452. The van der Waals surface area contributed by atoms with Gasteiger partial charge in [-0.2, -0.15) is 48.3 Å². The van der Waals surface area contributed by atoms with Gasteiger partial charge < -0.3 is 0 Å². The molecule has 0 unspecified atom stereocenters. The molecule has 32 heavy (non-hydrogen) atoms. The first-order valence-corrected chi connectivity index (χ1v) is 9.64. The Bertz CT molecular complexity index is 938. The Morgan fingerprint density at radius 1 is 0.438 bits per heavy atom. The van der Waals surface area contributed by atoms with Crippen molar-refractivity contribution in [3.05, 3.63) is 68.6 Å². The van der Waals surface area contributed by atoms with Gasteiger partial charge >= 0.3 is 29.9 Å². The lowest BCUT2D eigenvalue weighted by atomic mass is 9.77. The summed E-state index contributed by atoms with van der Waals surface area (Å²) >= 11 is 5.17. The molecular weight excluding hydrogens is 604 g/mol. The molecule has 0 radical (unpaired) electrons. The van der Waals surface area contributed by atoms with Crippen LogP contribution < -0.4 is 0 Å². The molecule has 0 bridgehead atoms. The lowest BCUT2D eigenvalue weighted by molar-refractivity contribution is -0.431. The van der Waals surface area contributed by atoms with Crippen LogP contribution in [-0.4, -0.2) is 29.9 Å². The topological polar surface area (TPSA) is 0 Å². The van der Waals surface area contributed by atoms with E-state index < -0.39 is 55.6 Å². The van der Waals surface area contributed by atoms with E-state index in [2.05, 4.69) is 31.9 Å². The Labute approximate surface area is 188 Å². The van der Waals surface area contributed by atoms with Crippen LogP contribution in [0.5, 0.6) is 0 Å². The Morgan fingerprint density at radius 2 is 0.750 bits per heavy atom. The lowest BCUT2D eigenvalue weighted by Crippen LogP contribution is -2.70. The predicted molar refractivity (Wildman–Crippen MR) is 96.0 cm³/mol. The van der Waals surface area contributed by atoms with Gasteiger partial charge in [0.2, 0.25) is 5.67 Å². The van der Waals surface area contributed by atoms with Crippen LogP contribution >= 0.6 is 31.9 Å². The van der Waals surface area contributed by atoms with Crippen molar-refractivity contribution in [2.24, 2.45) is 0 Å². The number of benzene rings is 2. The molecule has 0 saturated heterocycles. The molecule has 2 rings (SSSR count). The van der Waals surface area contributed by atoms with Crippen LogP contribution in [0.1, 0.15) is 11.1 Å². The number of hydrogen-bond donors (Lipinski definition) is 0. The van der Waals surface area contributed by atoms with Gasteiger partial charge in [-0.15, -0.1) is 0 Å². The second kappa shape index (κ2) is 8.10. The summed E-state index contributed by atoms with van der Waals surface area (Å²) < 4.78 is 165. The smallest absolute Gasteiger partial charge is 0.226 e. The van der Waals surface area contributed by atoms with Crippen LogP contribution in [0.2, 0.25) is 0 Å². The fourth-order valence-electron chi connectivity index (χ4n) is 2.75. The van der Waals surface area contributed by atoms with Crippen LogP contribution in [-0.2, 0) is 5.67 Å². The minimum atomic E-state index is -7.75. The summed E-state index contributed by atoms with van der Waals surface area (Å²) in [6, 6.07) is 6.45. The summed E-state index contributed by atoms with van der Waals surface area (Å²) in [7, 11) is 0. The number of hydrogen-bond acceptors (Lipinski definition) is 0. The maximum Gasteiger partial charge on any atom is 0.460 e. The Morgan fingerprint density at radius 3 is 1.06 bits per heavy atom. The molecule has 0 amide bonds. The Hall–Kier alpha value is -1.44. The quantitative estimate of drug-likeness (QED) is 0.287. The van der Waals surface area contributed by atoms with Crippen LogP contribution in [0.15, 0.2) is 57.5 Å². The molecule has 0 atom stereocenters. The molecule has 0 saturated carbocycles. The van der Waals surface area contributed by atoms with Crippen molar-refractivity contribution < 1.29 is 52.7 Å². The van der Waals surface area contributed by atoms with Crippen molar-refractivity contribution in [1.82, 2.24) is 0 Å². The molecule has 14 heteroatoms. The van der Waals surface area contributed by atoms with E-state index in [0.29, 0.717) is 12.1 Å². The Kier molecular flexibility index (Phi) is 6.79. The first-order chi connectivity index (χ1) is 14.3. The van der Waals surface area contributed by atoms with Gasteiger partial charge in [-0.1, -0.05) is 68.3 Å². The second-order valence-electron chi connectivity index (χ2n) is 6.41. The maximum absolute atomic E-state index is 16.1. The highest BCUT2D eigenvalue weighted by Gasteiger charge is 2.90. The fraction of sp³-hybridized carbons (Fsp3) is 0.333. The fourth-order valence-corrected chi connectivity index (χ4v) is 3.87. The van der Waals surface area contributed by atoms with Crippen molar-refractivity contribution in [1.29, 1.82) is 0 Å². The molecule has 2 aromatic carbocycles. The molecule has 0 aliphatic carbocycles. The van der Waals surface area contributed by atoms with Crippen molar-refractivity contribution in [2.75, 3.05) is 0 Å². The van der Waals surface area contributed by atoms with Gasteiger partial charge in [-0.3, -0.25) is 0 Å². The highest BCUT2D eigenvalue weighted by molar-refractivity contribution is 9.10.